The third-order valence-corrected chi connectivity index (χ3v) is 4.83. The van der Waals surface area contributed by atoms with Crippen LogP contribution in [0.2, 0.25) is 0 Å². The largest absolute Gasteiger partial charge is 0.349 e. The molecular formula is C18H21BrN2O. The molecule has 0 saturated heterocycles. The van der Waals surface area contributed by atoms with E-state index in [1.807, 2.05) is 31.2 Å². The maximum absolute atomic E-state index is 12.7. The maximum Gasteiger partial charge on any atom is 0.252 e. The minimum atomic E-state index is 0.0282. The second-order valence-electron chi connectivity index (χ2n) is 6.13. The van der Waals surface area contributed by atoms with E-state index in [1.54, 1.807) is 0 Å². The lowest BCUT2D eigenvalue weighted by molar-refractivity contribution is 0.0935. The molecule has 3 rings (SSSR count). The Kier molecular flexibility index (Phi) is 4.77. The molecule has 0 spiro atoms. The normalized spacial score (nSPS) is 16.5. The van der Waals surface area contributed by atoms with Gasteiger partial charge in [0.1, 0.15) is 0 Å². The van der Waals surface area contributed by atoms with E-state index >= 15 is 0 Å². The summed E-state index contributed by atoms with van der Waals surface area (Å²) in [7, 11) is 0. The molecule has 4 heteroatoms. The van der Waals surface area contributed by atoms with Crippen LogP contribution in [0.3, 0.4) is 0 Å². The number of benzene rings is 1. The molecule has 3 nitrogen and oxygen atoms in total. The Labute approximate surface area is 139 Å². The number of rotatable bonds is 2. The van der Waals surface area contributed by atoms with Gasteiger partial charge in [0.15, 0.2) is 0 Å². The molecular weight excluding hydrogens is 340 g/mol. The third-order valence-electron chi connectivity index (χ3n) is 4.33. The summed E-state index contributed by atoms with van der Waals surface area (Å²) in [6.07, 6.45) is 7.20. The number of nitrogens with one attached hydrogen (secondary N) is 1. The lowest BCUT2D eigenvalue weighted by Crippen LogP contribution is -2.34. The Morgan fingerprint density at radius 3 is 2.64 bits per heavy atom. The summed E-state index contributed by atoms with van der Waals surface area (Å²) in [6, 6.07) is 8.09. The van der Waals surface area contributed by atoms with E-state index in [0.717, 1.165) is 39.5 Å². The summed E-state index contributed by atoms with van der Waals surface area (Å²) in [5.74, 6) is 0.0282. The molecule has 1 fully saturated rings. The number of pyridine rings is 1. The Balaban J connectivity index is 1.90. The van der Waals surface area contributed by atoms with Crippen molar-refractivity contribution in [1.82, 2.24) is 10.3 Å². The average Bonchev–Trinajstić information content (AvgIpc) is 2.75. The van der Waals surface area contributed by atoms with Crippen LogP contribution in [0.25, 0.3) is 10.9 Å². The number of aryl methyl sites for hydroxylation is 1. The van der Waals surface area contributed by atoms with Gasteiger partial charge < -0.3 is 5.32 Å². The summed E-state index contributed by atoms with van der Waals surface area (Å²) in [4.78, 5) is 17.3. The predicted molar refractivity (Wildman–Crippen MR) is 93.1 cm³/mol. The molecule has 1 heterocycles. The molecule has 1 aliphatic rings. The van der Waals surface area contributed by atoms with Crippen molar-refractivity contribution >= 4 is 32.7 Å². The first-order valence-electron chi connectivity index (χ1n) is 8.01. The highest BCUT2D eigenvalue weighted by Crippen LogP contribution is 2.24. The first-order chi connectivity index (χ1) is 10.6. The fourth-order valence-electron chi connectivity index (χ4n) is 3.21. The smallest absolute Gasteiger partial charge is 0.252 e. The van der Waals surface area contributed by atoms with Crippen LogP contribution in [0.1, 0.15) is 54.6 Å². The molecule has 0 bridgehead atoms. The molecule has 1 aromatic carbocycles. The van der Waals surface area contributed by atoms with E-state index in [-0.39, 0.29) is 5.91 Å². The number of fused-ring (bicyclic) bond motifs is 1. The molecule has 1 aliphatic carbocycles. The number of amides is 1. The summed E-state index contributed by atoms with van der Waals surface area (Å²) >= 11 is 3.48. The number of halogens is 1. The van der Waals surface area contributed by atoms with Crippen molar-refractivity contribution in [2.45, 2.75) is 51.5 Å². The number of carbonyl (C=O) groups excluding carboxylic acids is 1. The van der Waals surface area contributed by atoms with Crippen molar-refractivity contribution in [3.8, 4) is 0 Å². The van der Waals surface area contributed by atoms with Gasteiger partial charge in [0, 0.05) is 21.6 Å². The standard InChI is InChI=1S/C18H21BrN2O/c1-12-10-16(15-11-13(19)8-9-17(15)20-12)18(22)21-14-6-4-2-3-5-7-14/h8-11,14H,2-7H2,1H3,(H,21,22). The van der Waals surface area contributed by atoms with Crippen molar-refractivity contribution in [1.29, 1.82) is 0 Å². The van der Waals surface area contributed by atoms with Crippen molar-refractivity contribution in [2.75, 3.05) is 0 Å². The lowest BCUT2D eigenvalue weighted by atomic mass is 10.0. The molecule has 0 radical (unpaired) electrons. The van der Waals surface area contributed by atoms with Gasteiger partial charge in [-0.05, 0) is 44.0 Å². The fourth-order valence-corrected chi connectivity index (χ4v) is 3.57. The topological polar surface area (TPSA) is 42.0 Å². The summed E-state index contributed by atoms with van der Waals surface area (Å²) in [6.45, 7) is 1.93. The van der Waals surface area contributed by atoms with E-state index in [2.05, 4.69) is 26.2 Å². The van der Waals surface area contributed by atoms with Crippen LogP contribution in [0.15, 0.2) is 28.7 Å². The van der Waals surface area contributed by atoms with Crippen LogP contribution in [-0.4, -0.2) is 16.9 Å². The first-order valence-corrected chi connectivity index (χ1v) is 8.80. The summed E-state index contributed by atoms with van der Waals surface area (Å²) < 4.78 is 0.967. The van der Waals surface area contributed by atoms with Gasteiger partial charge in [-0.2, -0.15) is 0 Å². The number of carbonyl (C=O) groups is 1. The first kappa shape index (κ1) is 15.5. The Hall–Kier alpha value is -1.42. The molecule has 116 valence electrons. The number of hydrogen-bond donors (Lipinski definition) is 1. The van der Waals surface area contributed by atoms with Crippen LogP contribution in [0, 0.1) is 6.92 Å². The van der Waals surface area contributed by atoms with Crippen molar-refractivity contribution < 1.29 is 4.79 Å². The summed E-state index contributed by atoms with van der Waals surface area (Å²) in [5, 5.41) is 4.14. The van der Waals surface area contributed by atoms with Crippen molar-refractivity contribution in [2.24, 2.45) is 0 Å². The molecule has 1 N–H and O–H groups in total. The third kappa shape index (κ3) is 3.49. The van der Waals surface area contributed by atoms with E-state index in [9.17, 15) is 4.79 Å². The minimum absolute atomic E-state index is 0.0282. The highest BCUT2D eigenvalue weighted by molar-refractivity contribution is 9.10. The zero-order valence-electron chi connectivity index (χ0n) is 12.9. The van der Waals surface area contributed by atoms with Crippen molar-refractivity contribution in [3.05, 3.63) is 40.0 Å². The van der Waals surface area contributed by atoms with Gasteiger partial charge in [-0.3, -0.25) is 9.78 Å². The molecule has 0 unspecified atom stereocenters. The van der Waals surface area contributed by atoms with E-state index in [4.69, 9.17) is 0 Å². The Morgan fingerprint density at radius 1 is 1.18 bits per heavy atom. The lowest BCUT2D eigenvalue weighted by Gasteiger charge is -2.17. The molecule has 1 saturated carbocycles. The van der Waals surface area contributed by atoms with E-state index in [1.165, 1.54) is 25.7 Å². The molecule has 22 heavy (non-hydrogen) atoms. The minimum Gasteiger partial charge on any atom is -0.349 e. The van der Waals surface area contributed by atoms with Gasteiger partial charge >= 0.3 is 0 Å². The van der Waals surface area contributed by atoms with Crippen LogP contribution in [-0.2, 0) is 0 Å². The second-order valence-corrected chi connectivity index (χ2v) is 7.05. The van der Waals surface area contributed by atoms with Gasteiger partial charge in [0.05, 0.1) is 11.1 Å². The molecule has 1 amide bonds. The molecule has 2 aromatic rings. The maximum atomic E-state index is 12.7. The van der Waals surface area contributed by atoms with Gasteiger partial charge in [-0.25, -0.2) is 0 Å². The van der Waals surface area contributed by atoms with Gasteiger partial charge in [0.2, 0.25) is 0 Å². The van der Waals surface area contributed by atoms with E-state index < -0.39 is 0 Å². The fraction of sp³-hybridized carbons (Fsp3) is 0.444. The monoisotopic (exact) mass is 360 g/mol. The zero-order chi connectivity index (χ0) is 15.5. The van der Waals surface area contributed by atoms with Crippen LogP contribution >= 0.6 is 15.9 Å². The van der Waals surface area contributed by atoms with Gasteiger partial charge in [-0.1, -0.05) is 41.6 Å². The quantitative estimate of drug-likeness (QED) is 0.784. The van der Waals surface area contributed by atoms with Crippen LogP contribution in [0.4, 0.5) is 0 Å². The second kappa shape index (κ2) is 6.78. The van der Waals surface area contributed by atoms with Crippen LogP contribution in [0.5, 0.6) is 0 Å². The zero-order valence-corrected chi connectivity index (χ0v) is 14.4. The average molecular weight is 361 g/mol. The van der Waals surface area contributed by atoms with Crippen molar-refractivity contribution in [3.63, 3.8) is 0 Å². The number of nitrogens with zero attached hydrogens (tertiary/aromatic N) is 1. The Bertz CT molecular complexity index is 691. The molecule has 0 aliphatic heterocycles. The van der Waals surface area contributed by atoms with E-state index in [0.29, 0.717) is 6.04 Å². The molecule has 0 atom stereocenters. The molecule has 1 aromatic heterocycles. The number of hydrogen-bond acceptors (Lipinski definition) is 2. The summed E-state index contributed by atoms with van der Waals surface area (Å²) in [5.41, 5.74) is 2.48. The highest BCUT2D eigenvalue weighted by atomic mass is 79.9. The Morgan fingerprint density at radius 2 is 1.91 bits per heavy atom. The van der Waals surface area contributed by atoms with Gasteiger partial charge in [0.25, 0.3) is 5.91 Å². The SMILES string of the molecule is Cc1cc(C(=O)NC2CCCCCC2)c2cc(Br)ccc2n1. The van der Waals surface area contributed by atoms with Gasteiger partial charge in [-0.15, -0.1) is 0 Å². The van der Waals surface area contributed by atoms with Crippen LogP contribution < -0.4 is 5.32 Å². The highest BCUT2D eigenvalue weighted by Gasteiger charge is 2.18. The number of aromatic nitrogens is 1. The predicted octanol–water partition coefficient (Wildman–Crippen LogP) is 4.76.